The number of nitriles is 1. The molecule has 0 saturated carbocycles. The van der Waals surface area contributed by atoms with Crippen LogP contribution in [0, 0.1) is 18.3 Å². The van der Waals surface area contributed by atoms with Crippen LogP contribution >= 0.6 is 0 Å². The van der Waals surface area contributed by atoms with Crippen molar-refractivity contribution in [1.82, 2.24) is 15.1 Å². The fourth-order valence-corrected chi connectivity index (χ4v) is 1.05. The number of nitrogens with zero attached hydrogens (tertiary/aromatic N) is 3. The molecule has 0 aliphatic carbocycles. The molecule has 4 heteroatoms. The van der Waals surface area contributed by atoms with Gasteiger partial charge in [-0.25, -0.2) is 0 Å². The van der Waals surface area contributed by atoms with E-state index in [1.807, 2.05) is 20.0 Å². The molecule has 1 N–H and O–H groups in total. The summed E-state index contributed by atoms with van der Waals surface area (Å²) in [7, 11) is 1.78. The van der Waals surface area contributed by atoms with Crippen molar-refractivity contribution in [2.75, 3.05) is 7.05 Å². The van der Waals surface area contributed by atoms with E-state index in [0.717, 1.165) is 5.56 Å². The number of aromatic nitrogens is 2. The molecule has 70 valence electrons. The van der Waals surface area contributed by atoms with E-state index in [9.17, 15) is 0 Å². The zero-order valence-electron chi connectivity index (χ0n) is 8.20. The molecule has 0 aromatic carbocycles. The van der Waals surface area contributed by atoms with Crippen LogP contribution in [-0.4, -0.2) is 22.4 Å². The normalized spacial score (nSPS) is 14.9. The Morgan fingerprint density at radius 3 is 2.85 bits per heavy atom. The van der Waals surface area contributed by atoms with E-state index in [4.69, 9.17) is 5.26 Å². The lowest BCUT2D eigenvalue weighted by Crippen LogP contribution is -2.42. The zero-order chi connectivity index (χ0) is 9.90. The molecule has 13 heavy (non-hydrogen) atoms. The maximum atomic E-state index is 8.90. The quantitative estimate of drug-likeness (QED) is 0.741. The molecule has 1 rings (SSSR count). The lowest BCUT2D eigenvalue weighted by molar-refractivity contribution is 0.396. The second-order valence-corrected chi connectivity index (χ2v) is 3.41. The highest BCUT2D eigenvalue weighted by molar-refractivity contribution is 5.05. The smallest absolute Gasteiger partial charge is 0.123 e. The number of rotatable bonds is 3. The molecule has 0 aliphatic heterocycles. The summed E-state index contributed by atoms with van der Waals surface area (Å²) in [5.74, 6) is 0. The van der Waals surface area contributed by atoms with Gasteiger partial charge in [0.05, 0.1) is 18.8 Å². The van der Waals surface area contributed by atoms with E-state index in [1.165, 1.54) is 0 Å². The van der Waals surface area contributed by atoms with Gasteiger partial charge in [0.1, 0.15) is 5.54 Å². The second-order valence-electron chi connectivity index (χ2n) is 3.41. The molecule has 0 saturated heterocycles. The summed E-state index contributed by atoms with van der Waals surface area (Å²) in [5, 5.41) is 16.0. The molecular weight excluding hydrogens is 164 g/mol. The molecule has 0 amide bonds. The molecule has 0 fully saturated rings. The third-order valence-corrected chi connectivity index (χ3v) is 2.04. The fourth-order valence-electron chi connectivity index (χ4n) is 1.05. The van der Waals surface area contributed by atoms with Crippen molar-refractivity contribution in [1.29, 1.82) is 5.26 Å². The topological polar surface area (TPSA) is 53.6 Å². The van der Waals surface area contributed by atoms with Gasteiger partial charge in [-0.3, -0.25) is 4.68 Å². The number of nitrogens with one attached hydrogen (secondary N) is 1. The molecule has 0 bridgehead atoms. The van der Waals surface area contributed by atoms with Crippen LogP contribution in [0.4, 0.5) is 0 Å². The Hall–Kier alpha value is -1.34. The number of hydrogen-bond donors (Lipinski definition) is 1. The van der Waals surface area contributed by atoms with Gasteiger partial charge in [0.15, 0.2) is 0 Å². The summed E-state index contributed by atoms with van der Waals surface area (Å²) in [4.78, 5) is 0. The highest BCUT2D eigenvalue weighted by atomic mass is 15.3. The minimum absolute atomic E-state index is 0.543. The van der Waals surface area contributed by atoms with E-state index in [-0.39, 0.29) is 0 Å². The van der Waals surface area contributed by atoms with E-state index in [1.54, 1.807) is 17.9 Å². The first kappa shape index (κ1) is 9.75. The largest absolute Gasteiger partial charge is 0.301 e. The van der Waals surface area contributed by atoms with Crippen LogP contribution in [0.15, 0.2) is 12.4 Å². The number of hydrogen-bond acceptors (Lipinski definition) is 3. The third kappa shape index (κ3) is 2.30. The lowest BCUT2D eigenvalue weighted by atomic mass is 10.1. The average molecular weight is 178 g/mol. The van der Waals surface area contributed by atoms with E-state index < -0.39 is 5.54 Å². The molecule has 1 aromatic heterocycles. The zero-order valence-corrected chi connectivity index (χ0v) is 8.20. The van der Waals surface area contributed by atoms with Gasteiger partial charge in [0, 0.05) is 6.20 Å². The van der Waals surface area contributed by atoms with Gasteiger partial charge >= 0.3 is 0 Å². The molecule has 0 radical (unpaired) electrons. The minimum Gasteiger partial charge on any atom is -0.301 e. The first-order valence-corrected chi connectivity index (χ1v) is 4.19. The van der Waals surface area contributed by atoms with Gasteiger partial charge in [-0.05, 0) is 26.5 Å². The molecule has 0 spiro atoms. The highest BCUT2D eigenvalue weighted by Crippen LogP contribution is 2.05. The molecule has 1 aromatic rings. The van der Waals surface area contributed by atoms with Crippen molar-refractivity contribution < 1.29 is 0 Å². The van der Waals surface area contributed by atoms with Crippen LogP contribution in [0.2, 0.25) is 0 Å². The first-order chi connectivity index (χ1) is 6.09. The Kier molecular flexibility index (Phi) is 2.69. The van der Waals surface area contributed by atoms with E-state index in [0.29, 0.717) is 6.54 Å². The van der Waals surface area contributed by atoms with E-state index >= 15 is 0 Å². The van der Waals surface area contributed by atoms with Crippen molar-refractivity contribution in [3.63, 3.8) is 0 Å². The summed E-state index contributed by atoms with van der Waals surface area (Å²) < 4.78 is 1.77. The molecule has 1 atom stereocenters. The van der Waals surface area contributed by atoms with Crippen LogP contribution in [0.3, 0.4) is 0 Å². The maximum Gasteiger partial charge on any atom is 0.123 e. The van der Waals surface area contributed by atoms with Crippen molar-refractivity contribution in [3.05, 3.63) is 18.0 Å². The van der Waals surface area contributed by atoms with Gasteiger partial charge < -0.3 is 5.32 Å². The average Bonchev–Trinajstić information content (AvgIpc) is 2.51. The monoisotopic (exact) mass is 178 g/mol. The predicted octanol–water partition coefficient (Wildman–Crippen LogP) is 0.693. The number of likely N-dealkylation sites (N-methyl/N-ethyl adjacent to an activating group) is 1. The van der Waals surface area contributed by atoms with Gasteiger partial charge in [0.2, 0.25) is 0 Å². The second kappa shape index (κ2) is 3.58. The Labute approximate surface area is 78.2 Å². The van der Waals surface area contributed by atoms with Crippen LogP contribution in [0.25, 0.3) is 0 Å². The van der Waals surface area contributed by atoms with Gasteiger partial charge in [0.25, 0.3) is 0 Å². The Balaban J connectivity index is 2.74. The minimum atomic E-state index is -0.543. The predicted molar refractivity (Wildman–Crippen MR) is 50.0 cm³/mol. The summed E-state index contributed by atoms with van der Waals surface area (Å²) in [6.07, 6.45) is 3.71. The molecule has 0 aliphatic rings. The Bertz CT molecular complexity index is 323. The van der Waals surface area contributed by atoms with E-state index in [2.05, 4.69) is 16.5 Å². The molecular formula is C9H14N4. The van der Waals surface area contributed by atoms with Crippen molar-refractivity contribution in [2.45, 2.75) is 25.9 Å². The summed E-state index contributed by atoms with van der Waals surface area (Å²) in [6, 6.07) is 2.21. The third-order valence-electron chi connectivity index (χ3n) is 2.04. The Morgan fingerprint density at radius 1 is 1.77 bits per heavy atom. The van der Waals surface area contributed by atoms with Crippen LogP contribution in [0.5, 0.6) is 0 Å². The van der Waals surface area contributed by atoms with Crippen LogP contribution in [0.1, 0.15) is 12.5 Å². The van der Waals surface area contributed by atoms with Crippen molar-refractivity contribution in [3.8, 4) is 6.07 Å². The maximum absolute atomic E-state index is 8.90. The van der Waals surface area contributed by atoms with Crippen molar-refractivity contribution in [2.24, 2.45) is 0 Å². The number of aryl methyl sites for hydroxylation is 1. The molecule has 1 heterocycles. The molecule has 1 unspecified atom stereocenters. The Morgan fingerprint density at radius 2 is 2.46 bits per heavy atom. The van der Waals surface area contributed by atoms with Gasteiger partial charge in [-0.15, -0.1) is 0 Å². The summed E-state index contributed by atoms with van der Waals surface area (Å²) in [6.45, 7) is 4.39. The molecule has 4 nitrogen and oxygen atoms in total. The van der Waals surface area contributed by atoms with Crippen LogP contribution < -0.4 is 5.32 Å². The van der Waals surface area contributed by atoms with Gasteiger partial charge in [-0.2, -0.15) is 10.4 Å². The SMILES string of the molecule is CNC(C)(C#N)Cn1cc(C)cn1. The lowest BCUT2D eigenvalue weighted by Gasteiger charge is -2.20. The van der Waals surface area contributed by atoms with Crippen molar-refractivity contribution >= 4 is 0 Å². The highest BCUT2D eigenvalue weighted by Gasteiger charge is 2.21. The van der Waals surface area contributed by atoms with Crippen LogP contribution in [-0.2, 0) is 6.54 Å². The summed E-state index contributed by atoms with van der Waals surface area (Å²) in [5.41, 5.74) is 0.565. The summed E-state index contributed by atoms with van der Waals surface area (Å²) >= 11 is 0. The fraction of sp³-hybridized carbons (Fsp3) is 0.556. The standard InChI is InChI=1S/C9H14N4/c1-8-4-12-13(5-8)7-9(2,6-10)11-3/h4-5,11H,7H2,1-3H3. The first-order valence-electron chi connectivity index (χ1n) is 4.19. The van der Waals surface area contributed by atoms with Gasteiger partial charge in [-0.1, -0.05) is 0 Å².